The minimum Gasteiger partial charge on any atom is -0.496 e. The molecule has 0 heterocycles. The molecule has 4 heteroatoms. The molecule has 2 rings (SSSR count). The van der Waals surface area contributed by atoms with E-state index >= 15 is 0 Å². The Morgan fingerprint density at radius 2 is 1.81 bits per heavy atom. The molecule has 27 heavy (non-hydrogen) atoms. The molecule has 2 aromatic rings. The van der Waals surface area contributed by atoms with Gasteiger partial charge in [0, 0.05) is 17.7 Å². The SMILES string of the molecule is COc1ccc(C(=O)NCCC(C)C)cc1COc1cc(C)cc(C)c1C. The number of amides is 1. The van der Waals surface area contributed by atoms with Crippen molar-refractivity contribution < 1.29 is 14.3 Å². The Labute approximate surface area is 162 Å². The summed E-state index contributed by atoms with van der Waals surface area (Å²) < 4.78 is 11.5. The molecule has 0 unspecified atom stereocenters. The molecular formula is C23H31NO3. The number of ether oxygens (including phenoxy) is 2. The van der Waals surface area contributed by atoms with E-state index in [-0.39, 0.29) is 5.91 Å². The van der Waals surface area contributed by atoms with E-state index in [4.69, 9.17) is 9.47 Å². The number of benzene rings is 2. The second-order valence-electron chi connectivity index (χ2n) is 7.46. The number of rotatable bonds is 8. The molecule has 0 saturated heterocycles. The molecule has 0 aromatic heterocycles. The van der Waals surface area contributed by atoms with Gasteiger partial charge in [0.15, 0.2) is 0 Å². The van der Waals surface area contributed by atoms with Gasteiger partial charge in [0.05, 0.1) is 7.11 Å². The normalized spacial score (nSPS) is 10.8. The Morgan fingerprint density at radius 1 is 1.07 bits per heavy atom. The first kappa shape index (κ1) is 20.8. The van der Waals surface area contributed by atoms with Gasteiger partial charge in [0.2, 0.25) is 0 Å². The molecule has 0 bridgehead atoms. The van der Waals surface area contributed by atoms with Gasteiger partial charge in [0.1, 0.15) is 18.1 Å². The van der Waals surface area contributed by atoms with E-state index in [0.717, 1.165) is 29.0 Å². The van der Waals surface area contributed by atoms with E-state index in [1.54, 1.807) is 13.2 Å². The van der Waals surface area contributed by atoms with Crippen LogP contribution in [0.25, 0.3) is 0 Å². The average Bonchev–Trinajstić information content (AvgIpc) is 2.62. The summed E-state index contributed by atoms with van der Waals surface area (Å²) in [6, 6.07) is 9.64. The Morgan fingerprint density at radius 3 is 2.48 bits per heavy atom. The lowest BCUT2D eigenvalue weighted by Gasteiger charge is -2.15. The number of hydrogen-bond acceptors (Lipinski definition) is 3. The monoisotopic (exact) mass is 369 g/mol. The third-order valence-electron chi connectivity index (χ3n) is 4.70. The van der Waals surface area contributed by atoms with Gasteiger partial charge in [-0.2, -0.15) is 0 Å². The van der Waals surface area contributed by atoms with Crippen LogP contribution in [0.5, 0.6) is 11.5 Å². The molecule has 0 atom stereocenters. The van der Waals surface area contributed by atoms with Crippen molar-refractivity contribution in [2.45, 2.75) is 47.6 Å². The van der Waals surface area contributed by atoms with Gasteiger partial charge < -0.3 is 14.8 Å². The van der Waals surface area contributed by atoms with Crippen LogP contribution in [-0.2, 0) is 6.61 Å². The maximum atomic E-state index is 12.4. The maximum absolute atomic E-state index is 12.4. The highest BCUT2D eigenvalue weighted by molar-refractivity contribution is 5.94. The van der Waals surface area contributed by atoms with Crippen LogP contribution in [0.3, 0.4) is 0 Å². The quantitative estimate of drug-likeness (QED) is 0.714. The molecule has 0 spiro atoms. The van der Waals surface area contributed by atoms with Crippen molar-refractivity contribution in [3.8, 4) is 11.5 Å². The topological polar surface area (TPSA) is 47.6 Å². The zero-order chi connectivity index (χ0) is 20.0. The van der Waals surface area contributed by atoms with Crippen molar-refractivity contribution in [3.05, 3.63) is 58.1 Å². The molecule has 146 valence electrons. The van der Waals surface area contributed by atoms with Gasteiger partial charge in [0.25, 0.3) is 5.91 Å². The summed E-state index contributed by atoms with van der Waals surface area (Å²) in [7, 11) is 1.63. The van der Waals surface area contributed by atoms with Crippen LogP contribution in [0.2, 0.25) is 0 Å². The molecule has 0 fully saturated rings. The number of aryl methyl sites for hydroxylation is 2. The van der Waals surface area contributed by atoms with Crippen LogP contribution in [0.1, 0.15) is 52.9 Å². The molecule has 0 radical (unpaired) electrons. The summed E-state index contributed by atoms with van der Waals surface area (Å²) in [6.45, 7) is 11.5. The first-order valence-electron chi connectivity index (χ1n) is 9.47. The molecule has 0 aliphatic rings. The molecule has 0 saturated carbocycles. The fraction of sp³-hybridized carbons (Fsp3) is 0.435. The zero-order valence-electron chi connectivity index (χ0n) is 17.3. The van der Waals surface area contributed by atoms with Crippen molar-refractivity contribution in [2.24, 2.45) is 5.92 Å². The predicted octanol–water partition coefficient (Wildman–Crippen LogP) is 4.98. The Hall–Kier alpha value is -2.49. The first-order valence-corrected chi connectivity index (χ1v) is 9.47. The first-order chi connectivity index (χ1) is 12.8. The molecule has 2 aromatic carbocycles. The zero-order valence-corrected chi connectivity index (χ0v) is 17.3. The van der Waals surface area contributed by atoms with Crippen LogP contribution in [0.15, 0.2) is 30.3 Å². The standard InChI is InChI=1S/C23H31NO3/c1-15(2)9-10-24-23(25)19-7-8-21(26-6)20(13-19)14-27-22-12-16(3)11-17(4)18(22)5/h7-8,11-13,15H,9-10,14H2,1-6H3,(H,24,25). The van der Waals surface area contributed by atoms with Crippen molar-refractivity contribution in [1.29, 1.82) is 0 Å². The highest BCUT2D eigenvalue weighted by atomic mass is 16.5. The Balaban J connectivity index is 2.15. The summed E-state index contributed by atoms with van der Waals surface area (Å²) in [5.41, 5.74) is 4.97. The third-order valence-corrected chi connectivity index (χ3v) is 4.70. The summed E-state index contributed by atoms with van der Waals surface area (Å²) in [6.07, 6.45) is 0.962. The lowest BCUT2D eigenvalue weighted by molar-refractivity contribution is 0.0952. The smallest absolute Gasteiger partial charge is 0.251 e. The summed E-state index contributed by atoms with van der Waals surface area (Å²) in [4.78, 5) is 12.4. The van der Waals surface area contributed by atoms with E-state index < -0.39 is 0 Å². The van der Waals surface area contributed by atoms with Gasteiger partial charge in [-0.15, -0.1) is 0 Å². The number of carbonyl (C=O) groups excluding carboxylic acids is 1. The number of carbonyl (C=O) groups is 1. The minimum absolute atomic E-state index is 0.0675. The van der Waals surface area contributed by atoms with Crippen LogP contribution in [-0.4, -0.2) is 19.6 Å². The van der Waals surface area contributed by atoms with E-state index in [0.29, 0.717) is 24.6 Å². The maximum Gasteiger partial charge on any atom is 0.251 e. The van der Waals surface area contributed by atoms with Gasteiger partial charge in [-0.1, -0.05) is 19.9 Å². The average molecular weight is 370 g/mol. The van der Waals surface area contributed by atoms with Crippen molar-refractivity contribution in [1.82, 2.24) is 5.32 Å². The number of nitrogens with one attached hydrogen (secondary N) is 1. The molecule has 1 N–H and O–H groups in total. The minimum atomic E-state index is -0.0675. The molecule has 0 aliphatic heterocycles. The molecule has 4 nitrogen and oxygen atoms in total. The van der Waals surface area contributed by atoms with Crippen molar-refractivity contribution >= 4 is 5.91 Å². The predicted molar refractivity (Wildman–Crippen MR) is 110 cm³/mol. The van der Waals surface area contributed by atoms with E-state index in [1.807, 2.05) is 18.2 Å². The highest BCUT2D eigenvalue weighted by Crippen LogP contribution is 2.26. The highest BCUT2D eigenvalue weighted by Gasteiger charge is 2.12. The van der Waals surface area contributed by atoms with Crippen LogP contribution in [0, 0.1) is 26.7 Å². The van der Waals surface area contributed by atoms with Gasteiger partial charge in [-0.3, -0.25) is 4.79 Å². The third kappa shape index (κ3) is 5.75. The lowest BCUT2D eigenvalue weighted by atomic mass is 10.1. The van der Waals surface area contributed by atoms with Crippen LogP contribution < -0.4 is 14.8 Å². The second-order valence-corrected chi connectivity index (χ2v) is 7.46. The van der Waals surface area contributed by atoms with E-state index in [2.05, 4.69) is 46.0 Å². The summed E-state index contributed by atoms with van der Waals surface area (Å²) in [5, 5.41) is 2.97. The van der Waals surface area contributed by atoms with E-state index in [9.17, 15) is 4.79 Å². The van der Waals surface area contributed by atoms with Crippen LogP contribution >= 0.6 is 0 Å². The number of hydrogen-bond donors (Lipinski definition) is 1. The molecule has 0 aliphatic carbocycles. The fourth-order valence-electron chi connectivity index (χ4n) is 2.92. The van der Waals surface area contributed by atoms with Crippen molar-refractivity contribution in [3.63, 3.8) is 0 Å². The van der Waals surface area contributed by atoms with Gasteiger partial charge >= 0.3 is 0 Å². The summed E-state index contributed by atoms with van der Waals surface area (Å²) >= 11 is 0. The summed E-state index contributed by atoms with van der Waals surface area (Å²) in [5.74, 6) is 2.07. The fourth-order valence-corrected chi connectivity index (χ4v) is 2.92. The van der Waals surface area contributed by atoms with Gasteiger partial charge in [-0.05, 0) is 74.1 Å². The van der Waals surface area contributed by atoms with Gasteiger partial charge in [-0.25, -0.2) is 0 Å². The second kappa shape index (κ2) is 9.45. The van der Waals surface area contributed by atoms with Crippen molar-refractivity contribution in [2.75, 3.05) is 13.7 Å². The lowest BCUT2D eigenvalue weighted by Crippen LogP contribution is -2.25. The Kier molecular flexibility index (Phi) is 7.28. The number of methoxy groups -OCH3 is 1. The molecule has 1 amide bonds. The van der Waals surface area contributed by atoms with E-state index in [1.165, 1.54) is 11.1 Å². The Bertz CT molecular complexity index is 796. The van der Waals surface area contributed by atoms with Crippen LogP contribution in [0.4, 0.5) is 0 Å². The largest absolute Gasteiger partial charge is 0.496 e. The molecular weight excluding hydrogens is 338 g/mol.